The van der Waals surface area contributed by atoms with E-state index in [9.17, 15) is 0 Å². The van der Waals surface area contributed by atoms with Crippen molar-refractivity contribution in [3.8, 4) is 0 Å². The van der Waals surface area contributed by atoms with Crippen LogP contribution in [0, 0.1) is 0 Å². The first kappa shape index (κ1) is 14.8. The molecule has 1 aromatic rings. The van der Waals surface area contributed by atoms with Gasteiger partial charge in [0.2, 0.25) is 0 Å². The molecule has 1 aliphatic carbocycles. The van der Waals surface area contributed by atoms with E-state index in [1.807, 2.05) is 11.3 Å². The van der Waals surface area contributed by atoms with Crippen molar-refractivity contribution in [3.05, 3.63) is 15.6 Å². The average Bonchev–Trinajstić information content (AvgIpc) is 3.18. The van der Waals surface area contributed by atoms with Gasteiger partial charge in [0.1, 0.15) is 5.01 Å². The Hall–Kier alpha value is -0.100. The number of thioether (sulfide) groups is 1. The summed E-state index contributed by atoms with van der Waals surface area (Å²) >= 11 is 4.02. The maximum atomic E-state index is 5.05. The fourth-order valence-corrected chi connectivity index (χ4v) is 5.16. The minimum absolute atomic E-state index is 0.532. The van der Waals surface area contributed by atoms with Gasteiger partial charge in [-0.15, -0.1) is 11.3 Å². The van der Waals surface area contributed by atoms with Crippen molar-refractivity contribution in [2.24, 2.45) is 0 Å². The Bertz CT molecular complexity index is 454. The Morgan fingerprint density at radius 2 is 2.20 bits per heavy atom. The van der Waals surface area contributed by atoms with Crippen LogP contribution in [-0.4, -0.2) is 41.0 Å². The summed E-state index contributed by atoms with van der Waals surface area (Å²) in [6.07, 6.45) is 2.68. The molecule has 5 heteroatoms. The zero-order valence-electron chi connectivity index (χ0n) is 12.7. The Balaban J connectivity index is 1.79. The summed E-state index contributed by atoms with van der Waals surface area (Å²) in [5.74, 6) is 3.21. The van der Waals surface area contributed by atoms with Gasteiger partial charge in [-0.25, -0.2) is 4.98 Å². The Labute approximate surface area is 130 Å². The molecule has 20 heavy (non-hydrogen) atoms. The van der Waals surface area contributed by atoms with E-state index in [0.717, 1.165) is 12.5 Å². The average molecular weight is 312 g/mol. The van der Waals surface area contributed by atoms with E-state index in [0.29, 0.717) is 12.1 Å². The van der Waals surface area contributed by atoms with Crippen LogP contribution in [0.15, 0.2) is 0 Å². The molecule has 3 rings (SSSR count). The number of nitrogens with zero attached hydrogens (tertiary/aromatic N) is 2. The third-order valence-corrected chi connectivity index (χ3v) is 6.26. The van der Waals surface area contributed by atoms with E-state index in [-0.39, 0.29) is 0 Å². The molecule has 1 saturated heterocycles. The highest BCUT2D eigenvalue weighted by Crippen LogP contribution is 2.44. The fraction of sp³-hybridized carbons (Fsp3) is 0.800. The summed E-state index contributed by atoms with van der Waals surface area (Å²) in [4.78, 5) is 9.01. The van der Waals surface area contributed by atoms with Crippen molar-refractivity contribution in [1.29, 1.82) is 0 Å². The van der Waals surface area contributed by atoms with E-state index < -0.39 is 0 Å². The van der Waals surface area contributed by atoms with Crippen molar-refractivity contribution in [3.63, 3.8) is 0 Å². The predicted molar refractivity (Wildman–Crippen MR) is 88.8 cm³/mol. The van der Waals surface area contributed by atoms with Crippen LogP contribution in [0.4, 0.5) is 0 Å². The first-order valence-corrected chi connectivity index (χ1v) is 9.63. The van der Waals surface area contributed by atoms with Crippen LogP contribution >= 0.6 is 23.1 Å². The molecule has 1 atom stereocenters. The predicted octanol–water partition coefficient (Wildman–Crippen LogP) is 3.24. The largest absolute Gasteiger partial charge is 0.310 e. The summed E-state index contributed by atoms with van der Waals surface area (Å²) in [5.41, 5.74) is 1.40. The molecule has 1 N–H and O–H groups in total. The molecule has 0 amide bonds. The molecule has 0 radical (unpaired) electrons. The summed E-state index contributed by atoms with van der Waals surface area (Å²) in [7, 11) is 2.24. The maximum absolute atomic E-state index is 5.05. The number of hydrogen-bond donors (Lipinski definition) is 1. The molecule has 112 valence electrons. The second-order valence-electron chi connectivity index (χ2n) is 6.24. The van der Waals surface area contributed by atoms with Gasteiger partial charge in [-0.05, 0) is 19.9 Å². The Morgan fingerprint density at radius 3 is 2.85 bits per heavy atom. The zero-order valence-corrected chi connectivity index (χ0v) is 14.3. The van der Waals surface area contributed by atoms with Gasteiger partial charge in [-0.3, -0.25) is 4.90 Å². The molecule has 0 bridgehead atoms. The van der Waals surface area contributed by atoms with Crippen LogP contribution in [0.1, 0.15) is 54.2 Å². The molecule has 2 heterocycles. The van der Waals surface area contributed by atoms with Crippen LogP contribution in [0.2, 0.25) is 0 Å². The highest BCUT2D eigenvalue weighted by Gasteiger charge is 2.32. The minimum atomic E-state index is 0.532. The number of nitrogens with one attached hydrogen (secondary N) is 1. The van der Waals surface area contributed by atoms with Gasteiger partial charge < -0.3 is 5.32 Å². The molecule has 1 unspecified atom stereocenters. The molecule has 1 saturated carbocycles. The van der Waals surface area contributed by atoms with Crippen molar-refractivity contribution < 1.29 is 0 Å². The van der Waals surface area contributed by atoms with Crippen LogP contribution in [-0.2, 0) is 6.54 Å². The van der Waals surface area contributed by atoms with Gasteiger partial charge in [0.05, 0.1) is 11.7 Å². The van der Waals surface area contributed by atoms with Crippen molar-refractivity contribution in [2.45, 2.75) is 51.2 Å². The first-order valence-electron chi connectivity index (χ1n) is 7.66. The highest BCUT2D eigenvalue weighted by molar-refractivity contribution is 7.99. The van der Waals surface area contributed by atoms with Gasteiger partial charge >= 0.3 is 0 Å². The summed E-state index contributed by atoms with van der Waals surface area (Å²) in [5, 5.41) is 4.91. The summed E-state index contributed by atoms with van der Waals surface area (Å²) in [6.45, 7) is 6.60. The number of thiazole rings is 1. The molecule has 2 fully saturated rings. The molecule has 1 aromatic heterocycles. The third kappa shape index (κ3) is 3.38. The lowest BCUT2D eigenvalue weighted by Crippen LogP contribution is -2.32. The molecule has 0 aromatic carbocycles. The van der Waals surface area contributed by atoms with Gasteiger partial charge in [-0.2, -0.15) is 11.8 Å². The first-order chi connectivity index (χ1) is 9.65. The maximum Gasteiger partial charge on any atom is 0.111 e. The molecule has 3 nitrogen and oxygen atoms in total. The van der Waals surface area contributed by atoms with Gasteiger partial charge in [0.15, 0.2) is 0 Å². The van der Waals surface area contributed by atoms with Crippen LogP contribution in [0.3, 0.4) is 0 Å². The molecule has 0 spiro atoms. The molecule has 1 aliphatic heterocycles. The SMILES string of the molecule is CC(C)NCc1sc(C2CSCCN2C)nc1C1CC1. The quantitative estimate of drug-likeness (QED) is 0.903. The van der Waals surface area contributed by atoms with Crippen LogP contribution < -0.4 is 5.32 Å². The summed E-state index contributed by atoms with van der Waals surface area (Å²) in [6, 6.07) is 1.07. The lowest BCUT2D eigenvalue weighted by atomic mass is 10.2. The summed E-state index contributed by atoms with van der Waals surface area (Å²) < 4.78 is 0. The van der Waals surface area contributed by atoms with Crippen molar-refractivity contribution in [1.82, 2.24) is 15.2 Å². The highest BCUT2D eigenvalue weighted by atomic mass is 32.2. The lowest BCUT2D eigenvalue weighted by molar-refractivity contribution is 0.274. The second kappa shape index (κ2) is 6.34. The van der Waals surface area contributed by atoms with E-state index in [1.54, 1.807) is 0 Å². The van der Waals surface area contributed by atoms with E-state index >= 15 is 0 Å². The van der Waals surface area contributed by atoms with Gasteiger partial charge in [0.25, 0.3) is 0 Å². The number of rotatable bonds is 5. The van der Waals surface area contributed by atoms with Gasteiger partial charge in [-0.1, -0.05) is 13.8 Å². The Morgan fingerprint density at radius 1 is 1.40 bits per heavy atom. The zero-order chi connectivity index (χ0) is 14.1. The van der Waals surface area contributed by atoms with Crippen LogP contribution in [0.25, 0.3) is 0 Å². The van der Waals surface area contributed by atoms with E-state index in [2.05, 4.69) is 42.9 Å². The van der Waals surface area contributed by atoms with E-state index in [4.69, 9.17) is 4.98 Å². The number of aromatic nitrogens is 1. The van der Waals surface area contributed by atoms with Crippen LogP contribution in [0.5, 0.6) is 0 Å². The van der Waals surface area contributed by atoms with Crippen molar-refractivity contribution in [2.75, 3.05) is 25.1 Å². The molecule has 2 aliphatic rings. The third-order valence-electron chi connectivity index (χ3n) is 4.06. The Kier molecular flexibility index (Phi) is 4.70. The lowest BCUT2D eigenvalue weighted by Gasteiger charge is -2.30. The normalized spacial score (nSPS) is 24.5. The molecular weight excluding hydrogens is 286 g/mol. The van der Waals surface area contributed by atoms with Crippen molar-refractivity contribution >= 4 is 23.1 Å². The second-order valence-corrected chi connectivity index (χ2v) is 8.51. The molecular formula is C15H25N3S2. The standard InChI is InChI=1S/C15H25N3S2/c1-10(2)16-8-13-14(11-4-5-11)17-15(20-13)12-9-19-7-6-18(12)3/h10-12,16H,4-9H2,1-3H3. The monoisotopic (exact) mass is 311 g/mol. The number of hydrogen-bond acceptors (Lipinski definition) is 5. The minimum Gasteiger partial charge on any atom is -0.310 e. The fourth-order valence-electron chi connectivity index (χ4n) is 2.57. The van der Waals surface area contributed by atoms with E-state index in [1.165, 1.54) is 46.5 Å². The smallest absolute Gasteiger partial charge is 0.111 e. The topological polar surface area (TPSA) is 28.2 Å². The van der Waals surface area contributed by atoms with Gasteiger partial charge in [0, 0.05) is 41.4 Å².